The van der Waals surface area contributed by atoms with Crippen molar-refractivity contribution in [2.24, 2.45) is 0 Å². The number of halogens is 2. The molecule has 4 rings (SSSR count). The topological polar surface area (TPSA) is 94.7 Å². The molecule has 2 aromatic heterocycles. The van der Waals surface area contributed by atoms with Gasteiger partial charge in [0, 0.05) is 29.1 Å². The fraction of sp³-hybridized carbons (Fsp3) is 0.208. The van der Waals surface area contributed by atoms with E-state index in [9.17, 15) is 4.79 Å². The number of fused-ring (bicyclic) bond motifs is 1. The SMILES string of the molecule is CCCc1nc(OC2=CC=C(Cl)CC=C2)ccc1-c1noc2cc(Cl)c(OCC(=O)O)cc12. The zero-order chi connectivity index (χ0) is 23.4. The molecule has 0 radical (unpaired) electrons. The maximum Gasteiger partial charge on any atom is 0.341 e. The number of hydrogen-bond donors (Lipinski definition) is 1. The molecule has 1 N–H and O–H groups in total. The molecule has 0 atom stereocenters. The Labute approximate surface area is 199 Å². The summed E-state index contributed by atoms with van der Waals surface area (Å²) in [7, 11) is 0. The van der Waals surface area contributed by atoms with E-state index < -0.39 is 12.6 Å². The second-order valence-corrected chi connectivity index (χ2v) is 8.17. The highest BCUT2D eigenvalue weighted by atomic mass is 35.5. The van der Waals surface area contributed by atoms with Gasteiger partial charge in [-0.25, -0.2) is 9.78 Å². The summed E-state index contributed by atoms with van der Waals surface area (Å²) < 4.78 is 16.7. The summed E-state index contributed by atoms with van der Waals surface area (Å²) in [6.07, 6.45) is 9.59. The van der Waals surface area contributed by atoms with Crippen molar-refractivity contribution in [2.45, 2.75) is 26.2 Å². The van der Waals surface area contributed by atoms with Crippen LogP contribution in [0.3, 0.4) is 0 Å². The first-order valence-electron chi connectivity index (χ1n) is 10.3. The molecule has 0 bridgehead atoms. The average Bonchev–Trinajstić information content (AvgIpc) is 3.06. The van der Waals surface area contributed by atoms with Gasteiger partial charge in [-0.3, -0.25) is 0 Å². The zero-order valence-corrected chi connectivity index (χ0v) is 19.2. The summed E-state index contributed by atoms with van der Waals surface area (Å²) in [6.45, 7) is 1.55. The van der Waals surface area contributed by atoms with Crippen LogP contribution in [0.1, 0.15) is 25.5 Å². The smallest absolute Gasteiger partial charge is 0.341 e. The molecule has 9 heteroatoms. The summed E-state index contributed by atoms with van der Waals surface area (Å²) in [4.78, 5) is 15.6. The molecule has 0 saturated carbocycles. The molecule has 0 saturated heterocycles. The number of aryl methyl sites for hydroxylation is 1. The second-order valence-electron chi connectivity index (χ2n) is 7.28. The summed E-state index contributed by atoms with van der Waals surface area (Å²) >= 11 is 12.3. The van der Waals surface area contributed by atoms with Gasteiger partial charge in [-0.1, -0.05) is 47.8 Å². The van der Waals surface area contributed by atoms with Crippen LogP contribution in [0.4, 0.5) is 0 Å². The van der Waals surface area contributed by atoms with E-state index in [1.165, 1.54) is 0 Å². The van der Waals surface area contributed by atoms with E-state index in [0.29, 0.717) is 41.1 Å². The molecule has 7 nitrogen and oxygen atoms in total. The van der Waals surface area contributed by atoms with Gasteiger partial charge in [0.15, 0.2) is 12.2 Å². The Kier molecular flexibility index (Phi) is 7.01. The minimum absolute atomic E-state index is 0.236. The number of aromatic nitrogens is 2. The fourth-order valence-electron chi connectivity index (χ4n) is 3.34. The molecule has 33 heavy (non-hydrogen) atoms. The van der Waals surface area contributed by atoms with Crippen LogP contribution in [0, 0.1) is 0 Å². The highest BCUT2D eigenvalue weighted by Gasteiger charge is 2.19. The van der Waals surface area contributed by atoms with Crippen LogP contribution in [0.15, 0.2) is 63.9 Å². The van der Waals surface area contributed by atoms with Gasteiger partial charge in [-0.05, 0) is 36.8 Å². The third-order valence-corrected chi connectivity index (χ3v) is 5.39. The lowest BCUT2D eigenvalue weighted by Gasteiger charge is -2.11. The lowest BCUT2D eigenvalue weighted by atomic mass is 10.0. The Hall–Kier alpha value is -3.29. The number of carboxylic acid groups (broad SMARTS) is 1. The first-order valence-corrected chi connectivity index (χ1v) is 11.0. The van der Waals surface area contributed by atoms with Crippen molar-refractivity contribution in [1.82, 2.24) is 10.1 Å². The highest BCUT2D eigenvalue weighted by molar-refractivity contribution is 6.33. The van der Waals surface area contributed by atoms with E-state index in [2.05, 4.69) is 12.1 Å². The Balaban J connectivity index is 1.70. The first kappa shape index (κ1) is 22.9. The van der Waals surface area contributed by atoms with Gasteiger partial charge in [0.05, 0.1) is 16.1 Å². The van der Waals surface area contributed by atoms with Gasteiger partial charge in [-0.15, -0.1) is 0 Å². The predicted octanol–water partition coefficient (Wildman–Crippen LogP) is 6.30. The zero-order valence-electron chi connectivity index (χ0n) is 17.7. The highest BCUT2D eigenvalue weighted by Crippen LogP contribution is 2.37. The Morgan fingerprint density at radius 1 is 1.24 bits per heavy atom. The third kappa shape index (κ3) is 5.38. The van der Waals surface area contributed by atoms with Gasteiger partial charge in [0.25, 0.3) is 0 Å². The van der Waals surface area contributed by atoms with E-state index in [1.807, 2.05) is 18.2 Å². The summed E-state index contributed by atoms with van der Waals surface area (Å²) in [5.41, 5.74) is 2.59. The van der Waals surface area contributed by atoms with Crippen LogP contribution in [0.25, 0.3) is 22.2 Å². The Bertz CT molecular complexity index is 1290. The van der Waals surface area contributed by atoms with Gasteiger partial charge in [0.2, 0.25) is 5.88 Å². The summed E-state index contributed by atoms with van der Waals surface area (Å²) in [6, 6.07) is 6.82. The minimum Gasteiger partial charge on any atom is -0.480 e. The molecular formula is C24H20Cl2N2O5. The van der Waals surface area contributed by atoms with Crippen molar-refractivity contribution in [3.63, 3.8) is 0 Å². The van der Waals surface area contributed by atoms with E-state index >= 15 is 0 Å². The Morgan fingerprint density at radius 3 is 2.88 bits per heavy atom. The number of rotatable bonds is 8. The Morgan fingerprint density at radius 2 is 2.09 bits per heavy atom. The molecule has 1 aromatic carbocycles. The normalized spacial score (nSPS) is 13.4. The van der Waals surface area contributed by atoms with E-state index in [-0.39, 0.29) is 10.8 Å². The van der Waals surface area contributed by atoms with Gasteiger partial charge in [0.1, 0.15) is 17.2 Å². The lowest BCUT2D eigenvalue weighted by Crippen LogP contribution is -2.09. The van der Waals surface area contributed by atoms with Crippen molar-refractivity contribution in [3.8, 4) is 22.9 Å². The van der Waals surface area contributed by atoms with Crippen molar-refractivity contribution in [2.75, 3.05) is 6.61 Å². The molecule has 1 aliphatic carbocycles. The minimum atomic E-state index is -1.10. The number of allylic oxidation sites excluding steroid dienone is 5. The number of aliphatic carboxylic acids is 1. The average molecular weight is 487 g/mol. The molecule has 0 amide bonds. The monoisotopic (exact) mass is 486 g/mol. The van der Waals surface area contributed by atoms with Gasteiger partial charge in [-0.2, -0.15) is 0 Å². The number of carbonyl (C=O) groups is 1. The van der Waals surface area contributed by atoms with Crippen molar-refractivity contribution < 1.29 is 23.9 Å². The molecule has 1 aliphatic rings. The number of carboxylic acids is 1. The third-order valence-electron chi connectivity index (χ3n) is 4.81. The van der Waals surface area contributed by atoms with E-state index in [1.54, 1.807) is 30.4 Å². The summed E-state index contributed by atoms with van der Waals surface area (Å²) in [5.74, 6) is 0.221. The molecule has 0 fully saturated rings. The van der Waals surface area contributed by atoms with Crippen LogP contribution in [-0.4, -0.2) is 27.8 Å². The number of pyridine rings is 1. The molecule has 0 spiro atoms. The largest absolute Gasteiger partial charge is 0.480 e. The van der Waals surface area contributed by atoms with Crippen molar-refractivity contribution in [1.29, 1.82) is 0 Å². The standard InChI is InChI=1S/C24H20Cl2N2O5/c1-2-4-19-16(9-10-22(27-19)32-15-6-3-5-14(25)7-8-15)24-17-11-21(31-13-23(29)30)18(26)12-20(17)33-28-24/h3,6-12H,2,4-5,13H2,1H3,(H,29,30). The van der Waals surface area contributed by atoms with Crippen LogP contribution in [-0.2, 0) is 11.2 Å². The summed E-state index contributed by atoms with van der Waals surface area (Å²) in [5, 5.41) is 14.7. The van der Waals surface area contributed by atoms with Crippen LogP contribution in [0.2, 0.25) is 5.02 Å². The predicted molar refractivity (Wildman–Crippen MR) is 126 cm³/mol. The number of hydrogen-bond acceptors (Lipinski definition) is 6. The maximum atomic E-state index is 10.9. The quantitative estimate of drug-likeness (QED) is 0.398. The lowest BCUT2D eigenvalue weighted by molar-refractivity contribution is -0.139. The van der Waals surface area contributed by atoms with Crippen molar-refractivity contribution >= 4 is 40.1 Å². The molecule has 2 heterocycles. The van der Waals surface area contributed by atoms with Gasteiger partial charge < -0.3 is 19.1 Å². The maximum absolute atomic E-state index is 10.9. The number of nitrogens with zero attached hydrogens (tertiary/aromatic N) is 2. The number of ether oxygens (including phenoxy) is 2. The molecular weight excluding hydrogens is 467 g/mol. The molecule has 170 valence electrons. The van der Waals surface area contributed by atoms with Crippen LogP contribution < -0.4 is 9.47 Å². The second kappa shape index (κ2) is 10.1. The molecule has 0 aliphatic heterocycles. The van der Waals surface area contributed by atoms with E-state index in [0.717, 1.165) is 22.7 Å². The van der Waals surface area contributed by atoms with Gasteiger partial charge >= 0.3 is 5.97 Å². The van der Waals surface area contributed by atoms with Crippen LogP contribution >= 0.6 is 23.2 Å². The van der Waals surface area contributed by atoms with Crippen LogP contribution in [0.5, 0.6) is 11.6 Å². The first-order chi connectivity index (χ1) is 15.9. The van der Waals surface area contributed by atoms with E-state index in [4.69, 9.17) is 47.3 Å². The van der Waals surface area contributed by atoms with Crippen molar-refractivity contribution in [3.05, 3.63) is 70.1 Å². The molecule has 3 aromatic rings. The molecule has 0 unspecified atom stereocenters. The fourth-order valence-corrected chi connectivity index (χ4v) is 3.70. The number of benzene rings is 1.